The molecule has 4 aromatic heterocycles. The summed E-state index contributed by atoms with van der Waals surface area (Å²) in [6.45, 7) is 0. The number of nitrogens with one attached hydrogen (secondary N) is 2. The fraction of sp³-hybridized carbons (Fsp3) is 0.400. The average Bonchev–Trinajstić information content (AvgIpc) is 3.63. The van der Waals surface area contributed by atoms with E-state index in [9.17, 15) is 9.59 Å². The number of amides is 2. The molecule has 0 saturated heterocycles. The van der Waals surface area contributed by atoms with Crippen LogP contribution in [0.4, 0.5) is 10.3 Å². The molecule has 0 aliphatic heterocycles. The normalized spacial score (nSPS) is 18.0. The second kappa shape index (κ2) is 10.7. The maximum Gasteiger partial charge on any atom is 0.233 e. The first-order valence-electron chi connectivity index (χ1n) is 10.7. The number of carbonyl (C=O) groups is 2. The van der Waals surface area contributed by atoms with Gasteiger partial charge in [-0.05, 0) is 19.3 Å². The van der Waals surface area contributed by atoms with Gasteiger partial charge in [-0.1, -0.05) is 29.1 Å². The van der Waals surface area contributed by atoms with Crippen molar-refractivity contribution in [2.45, 2.75) is 50.4 Å². The Kier molecular flexibility index (Phi) is 7.27. The van der Waals surface area contributed by atoms with Gasteiger partial charge in [0.2, 0.25) is 22.1 Å². The average molecular weight is 533 g/mol. The SMILES string of the molecule is O=C(Cc1nccs1)Nc1nnc([C@H]2CCC[C@H](c3nnc(NC(=O)Cc4nccs4)s3)C2)s1. The summed E-state index contributed by atoms with van der Waals surface area (Å²) in [7, 11) is 0. The fourth-order valence-corrected chi connectivity index (χ4v) is 6.86. The van der Waals surface area contributed by atoms with E-state index in [0.717, 1.165) is 45.7 Å². The zero-order chi connectivity index (χ0) is 23.3. The van der Waals surface area contributed by atoms with Crippen LogP contribution in [0, 0.1) is 0 Å². The van der Waals surface area contributed by atoms with Gasteiger partial charge in [-0.25, -0.2) is 9.97 Å². The molecule has 0 radical (unpaired) electrons. The number of nitrogens with zero attached hydrogens (tertiary/aromatic N) is 6. The maximum absolute atomic E-state index is 12.2. The molecule has 34 heavy (non-hydrogen) atoms. The molecule has 2 atom stereocenters. The lowest BCUT2D eigenvalue weighted by Crippen LogP contribution is -2.14. The number of hydrogen-bond donors (Lipinski definition) is 2. The van der Waals surface area contributed by atoms with Crippen LogP contribution in [0.25, 0.3) is 0 Å². The van der Waals surface area contributed by atoms with Gasteiger partial charge in [0.1, 0.15) is 20.0 Å². The van der Waals surface area contributed by atoms with E-state index in [4.69, 9.17) is 0 Å². The molecule has 10 nitrogen and oxygen atoms in total. The summed E-state index contributed by atoms with van der Waals surface area (Å²) in [4.78, 5) is 32.7. The minimum Gasteiger partial charge on any atom is -0.300 e. The van der Waals surface area contributed by atoms with Crippen molar-refractivity contribution >= 4 is 67.4 Å². The Morgan fingerprint density at radius 2 is 1.29 bits per heavy atom. The zero-order valence-electron chi connectivity index (χ0n) is 17.8. The van der Waals surface area contributed by atoms with Crippen LogP contribution >= 0.6 is 45.3 Å². The summed E-state index contributed by atoms with van der Waals surface area (Å²) in [6.07, 6.45) is 7.83. The molecular weight excluding hydrogens is 513 g/mol. The van der Waals surface area contributed by atoms with Crippen molar-refractivity contribution in [1.82, 2.24) is 30.4 Å². The Morgan fingerprint density at radius 1 is 0.794 bits per heavy atom. The number of carbonyl (C=O) groups excluding carboxylic acids is 2. The van der Waals surface area contributed by atoms with Crippen LogP contribution in [0.2, 0.25) is 0 Å². The summed E-state index contributed by atoms with van der Waals surface area (Å²) in [6, 6.07) is 0. The van der Waals surface area contributed by atoms with Crippen LogP contribution in [-0.2, 0) is 22.4 Å². The standard InChI is InChI=1S/C20H20N8O2S4/c29-13(9-15-21-4-6-31-15)23-19-27-25-17(33-19)11-2-1-3-12(8-11)18-26-28-20(34-18)24-14(30)10-16-22-5-7-32-16/h4-7,11-12H,1-3,8-10H2,(H,23,27,29)(H,24,28,30)/t11-,12-/m0/s1. The molecule has 0 aromatic carbocycles. The van der Waals surface area contributed by atoms with Crippen LogP contribution in [-0.4, -0.2) is 42.2 Å². The molecule has 1 aliphatic carbocycles. The molecule has 14 heteroatoms. The molecule has 0 spiro atoms. The van der Waals surface area contributed by atoms with Crippen LogP contribution in [0.3, 0.4) is 0 Å². The summed E-state index contributed by atoms with van der Waals surface area (Å²) < 4.78 is 0. The lowest BCUT2D eigenvalue weighted by Gasteiger charge is -2.25. The van der Waals surface area contributed by atoms with Gasteiger partial charge in [0.15, 0.2) is 0 Å². The molecule has 2 N–H and O–H groups in total. The van der Waals surface area contributed by atoms with Gasteiger partial charge in [-0.15, -0.1) is 43.1 Å². The quantitative estimate of drug-likeness (QED) is 0.346. The van der Waals surface area contributed by atoms with E-state index in [0.29, 0.717) is 10.3 Å². The third-order valence-corrected chi connectivity index (χ3v) is 8.90. The summed E-state index contributed by atoms with van der Waals surface area (Å²) in [5.74, 6) is 0.232. The Bertz CT molecular complexity index is 1140. The molecule has 1 saturated carbocycles. The summed E-state index contributed by atoms with van der Waals surface area (Å²) in [5, 5.41) is 30.8. The van der Waals surface area contributed by atoms with E-state index in [2.05, 4.69) is 41.0 Å². The topological polar surface area (TPSA) is 136 Å². The molecule has 176 valence electrons. The van der Waals surface area contributed by atoms with E-state index in [1.54, 1.807) is 12.4 Å². The monoisotopic (exact) mass is 532 g/mol. The van der Waals surface area contributed by atoms with Gasteiger partial charge < -0.3 is 10.6 Å². The first-order chi connectivity index (χ1) is 16.6. The van der Waals surface area contributed by atoms with Gasteiger partial charge in [0, 0.05) is 35.0 Å². The lowest BCUT2D eigenvalue weighted by molar-refractivity contribution is -0.116. The van der Waals surface area contributed by atoms with Crippen molar-refractivity contribution in [2.75, 3.05) is 10.6 Å². The number of thiazole rings is 2. The summed E-state index contributed by atoms with van der Waals surface area (Å²) in [5.41, 5.74) is 0. The highest BCUT2D eigenvalue weighted by molar-refractivity contribution is 7.16. The van der Waals surface area contributed by atoms with Crippen LogP contribution < -0.4 is 10.6 Å². The van der Waals surface area contributed by atoms with Crippen molar-refractivity contribution in [3.05, 3.63) is 43.2 Å². The van der Waals surface area contributed by atoms with Gasteiger partial charge in [0.25, 0.3) is 0 Å². The van der Waals surface area contributed by atoms with E-state index in [-0.39, 0.29) is 36.5 Å². The number of rotatable bonds is 8. The highest BCUT2D eigenvalue weighted by Gasteiger charge is 2.29. The van der Waals surface area contributed by atoms with Gasteiger partial charge in [0.05, 0.1) is 12.8 Å². The highest BCUT2D eigenvalue weighted by Crippen LogP contribution is 2.43. The third-order valence-electron chi connectivity index (χ3n) is 5.34. The minimum atomic E-state index is -0.141. The summed E-state index contributed by atoms with van der Waals surface area (Å²) >= 11 is 5.76. The molecular formula is C20H20N8O2S4. The van der Waals surface area contributed by atoms with E-state index >= 15 is 0 Å². The van der Waals surface area contributed by atoms with Crippen molar-refractivity contribution in [2.24, 2.45) is 0 Å². The Balaban J connectivity index is 1.16. The second-order valence-electron chi connectivity index (χ2n) is 7.75. The van der Waals surface area contributed by atoms with Crippen molar-refractivity contribution in [3.63, 3.8) is 0 Å². The molecule has 4 heterocycles. The number of aromatic nitrogens is 6. The first-order valence-corrected chi connectivity index (χ1v) is 14.0. The smallest absolute Gasteiger partial charge is 0.233 e. The molecule has 0 unspecified atom stereocenters. The Hall–Kier alpha value is -2.68. The second-order valence-corrected chi connectivity index (χ2v) is 11.7. The molecule has 5 rings (SSSR count). The van der Waals surface area contributed by atoms with Crippen LogP contribution in [0.15, 0.2) is 23.2 Å². The fourth-order valence-electron chi connectivity index (χ4n) is 3.82. The predicted octanol–water partition coefficient (Wildman–Crippen LogP) is 4.11. The van der Waals surface area contributed by atoms with Gasteiger partial charge in [-0.3, -0.25) is 9.59 Å². The molecule has 1 aliphatic rings. The minimum absolute atomic E-state index is 0.141. The van der Waals surface area contributed by atoms with E-state index < -0.39 is 0 Å². The van der Waals surface area contributed by atoms with Crippen LogP contribution in [0.5, 0.6) is 0 Å². The Labute approximate surface area is 210 Å². The number of anilines is 2. The van der Waals surface area contributed by atoms with Gasteiger partial charge in [-0.2, -0.15) is 0 Å². The molecule has 4 aromatic rings. The zero-order valence-corrected chi connectivity index (χ0v) is 21.1. The molecule has 2 amide bonds. The first kappa shape index (κ1) is 23.1. The molecule has 0 bridgehead atoms. The predicted molar refractivity (Wildman–Crippen MR) is 133 cm³/mol. The highest BCUT2D eigenvalue weighted by atomic mass is 32.1. The molecule has 1 fully saturated rings. The lowest BCUT2D eigenvalue weighted by atomic mass is 9.82. The maximum atomic E-state index is 12.2. The largest absolute Gasteiger partial charge is 0.300 e. The Morgan fingerprint density at radius 3 is 1.74 bits per heavy atom. The van der Waals surface area contributed by atoms with E-state index in [1.807, 2.05) is 10.8 Å². The van der Waals surface area contributed by atoms with E-state index in [1.165, 1.54) is 45.3 Å². The third kappa shape index (κ3) is 5.87. The van der Waals surface area contributed by atoms with Crippen LogP contribution in [0.1, 0.15) is 57.5 Å². The van der Waals surface area contributed by atoms with Gasteiger partial charge >= 0.3 is 0 Å². The van der Waals surface area contributed by atoms with Crippen molar-refractivity contribution in [1.29, 1.82) is 0 Å². The number of hydrogen-bond acceptors (Lipinski definition) is 12. The van der Waals surface area contributed by atoms with Crippen molar-refractivity contribution < 1.29 is 9.59 Å². The van der Waals surface area contributed by atoms with Crippen molar-refractivity contribution in [3.8, 4) is 0 Å².